The fraction of sp³-hybridized carbons (Fsp3) is 0.154. The Morgan fingerprint density at radius 1 is 1.03 bits per heavy atom. The third-order valence-electron chi connectivity index (χ3n) is 5.72. The number of benzene rings is 3. The number of aryl methyl sites for hydroxylation is 2. The van der Waals surface area contributed by atoms with E-state index in [-0.39, 0.29) is 17.2 Å². The molecule has 0 aliphatic rings. The van der Waals surface area contributed by atoms with Crippen molar-refractivity contribution in [1.29, 1.82) is 0 Å². The summed E-state index contributed by atoms with van der Waals surface area (Å²) in [5, 5.41) is 12.7. The zero-order valence-corrected chi connectivity index (χ0v) is 20.3. The predicted molar refractivity (Wildman–Crippen MR) is 138 cm³/mol. The van der Waals surface area contributed by atoms with E-state index in [0.717, 1.165) is 16.8 Å². The topological polar surface area (TPSA) is 90.5 Å². The molecule has 0 atom stereocenters. The number of nitrogens with one attached hydrogen (secondary N) is 1. The molecule has 35 heavy (non-hydrogen) atoms. The van der Waals surface area contributed by atoms with Gasteiger partial charge in [-0.25, -0.2) is 4.57 Å². The molecule has 1 amide bonds. The van der Waals surface area contributed by atoms with Crippen LogP contribution in [-0.4, -0.2) is 37.9 Å². The molecular weight excluding hydrogens is 462 g/mol. The molecule has 5 rings (SSSR count). The third-order valence-corrected chi connectivity index (χ3v) is 6.65. The second kappa shape index (κ2) is 9.27. The SMILES string of the molecule is COc1ccc(C)cc1-n1c(=O)c2ccccc2n2c(SCC(=O)Nc3ccccc3C)nnc12. The molecule has 0 fully saturated rings. The second-order valence-electron chi connectivity index (χ2n) is 8.10. The van der Waals surface area contributed by atoms with Crippen LogP contribution in [0.5, 0.6) is 5.75 Å². The van der Waals surface area contributed by atoms with Gasteiger partial charge in [0.2, 0.25) is 11.7 Å². The van der Waals surface area contributed by atoms with E-state index in [9.17, 15) is 9.59 Å². The molecule has 8 nitrogen and oxygen atoms in total. The fourth-order valence-electron chi connectivity index (χ4n) is 3.99. The first-order valence-corrected chi connectivity index (χ1v) is 12.0. The van der Waals surface area contributed by atoms with Gasteiger partial charge in [-0.2, -0.15) is 0 Å². The van der Waals surface area contributed by atoms with Crippen LogP contribution in [0.3, 0.4) is 0 Å². The first kappa shape index (κ1) is 22.7. The van der Waals surface area contributed by atoms with Crippen LogP contribution in [0.2, 0.25) is 0 Å². The highest BCUT2D eigenvalue weighted by Gasteiger charge is 2.20. The van der Waals surface area contributed by atoms with Crippen LogP contribution in [-0.2, 0) is 4.79 Å². The highest BCUT2D eigenvalue weighted by molar-refractivity contribution is 7.99. The van der Waals surface area contributed by atoms with Gasteiger partial charge in [0.25, 0.3) is 5.56 Å². The molecule has 5 aromatic rings. The van der Waals surface area contributed by atoms with Gasteiger partial charge in [0, 0.05) is 5.69 Å². The zero-order chi connectivity index (χ0) is 24.5. The molecule has 2 heterocycles. The van der Waals surface area contributed by atoms with Crippen LogP contribution in [0.15, 0.2) is 76.7 Å². The highest BCUT2D eigenvalue weighted by Crippen LogP contribution is 2.28. The van der Waals surface area contributed by atoms with E-state index in [1.807, 2.05) is 78.9 Å². The van der Waals surface area contributed by atoms with Crippen LogP contribution in [0.1, 0.15) is 11.1 Å². The number of para-hydroxylation sites is 2. The number of fused-ring (bicyclic) bond motifs is 3. The summed E-state index contributed by atoms with van der Waals surface area (Å²) in [5.41, 5.74) is 3.76. The number of hydrogen-bond donors (Lipinski definition) is 1. The standard InChI is InChI=1S/C26H23N5O3S/c1-16-12-13-22(34-3)21(14-16)30-24(33)18-9-5-7-11-20(18)31-25(30)28-29-26(31)35-15-23(32)27-19-10-6-4-8-17(19)2/h4-14H,15H2,1-3H3,(H,27,32). The van der Waals surface area contributed by atoms with Crippen molar-refractivity contribution in [2.24, 2.45) is 0 Å². The molecule has 1 N–H and O–H groups in total. The average Bonchev–Trinajstić information content (AvgIpc) is 3.28. The lowest BCUT2D eigenvalue weighted by molar-refractivity contribution is -0.113. The summed E-state index contributed by atoms with van der Waals surface area (Å²) >= 11 is 1.26. The van der Waals surface area contributed by atoms with Crippen molar-refractivity contribution in [3.05, 3.63) is 88.2 Å². The Morgan fingerprint density at radius 3 is 2.60 bits per heavy atom. The molecule has 2 aromatic heterocycles. The molecule has 0 bridgehead atoms. The van der Waals surface area contributed by atoms with E-state index in [0.29, 0.717) is 33.3 Å². The lowest BCUT2D eigenvalue weighted by Gasteiger charge is -2.14. The van der Waals surface area contributed by atoms with Crippen molar-refractivity contribution < 1.29 is 9.53 Å². The number of nitrogens with zero attached hydrogens (tertiary/aromatic N) is 4. The van der Waals surface area contributed by atoms with E-state index in [4.69, 9.17) is 4.74 Å². The smallest absolute Gasteiger partial charge is 0.267 e. The number of anilines is 1. The minimum absolute atomic E-state index is 0.135. The highest BCUT2D eigenvalue weighted by atomic mass is 32.2. The van der Waals surface area contributed by atoms with Crippen LogP contribution in [0.25, 0.3) is 22.4 Å². The van der Waals surface area contributed by atoms with Crippen LogP contribution < -0.4 is 15.6 Å². The minimum atomic E-state index is -0.224. The molecular formula is C26H23N5O3S. The predicted octanol–water partition coefficient (Wildman–Crippen LogP) is 4.39. The Labute approximate surface area is 205 Å². The maximum atomic E-state index is 13.6. The maximum Gasteiger partial charge on any atom is 0.267 e. The van der Waals surface area contributed by atoms with E-state index in [2.05, 4.69) is 15.5 Å². The molecule has 176 valence electrons. The molecule has 0 aliphatic carbocycles. The number of carbonyl (C=O) groups is 1. The monoisotopic (exact) mass is 485 g/mol. The molecule has 9 heteroatoms. The van der Waals surface area contributed by atoms with Crippen molar-refractivity contribution in [2.75, 3.05) is 18.2 Å². The van der Waals surface area contributed by atoms with E-state index < -0.39 is 0 Å². The number of amides is 1. The van der Waals surface area contributed by atoms with Crippen LogP contribution in [0, 0.1) is 13.8 Å². The van der Waals surface area contributed by atoms with E-state index >= 15 is 0 Å². The van der Waals surface area contributed by atoms with Crippen LogP contribution in [0.4, 0.5) is 5.69 Å². The molecule has 0 saturated carbocycles. The molecule has 0 spiro atoms. The van der Waals surface area contributed by atoms with Crippen LogP contribution >= 0.6 is 11.8 Å². The molecule has 0 unspecified atom stereocenters. The summed E-state index contributed by atoms with van der Waals surface area (Å²) < 4.78 is 8.87. The van der Waals surface area contributed by atoms with Gasteiger partial charge in [-0.05, 0) is 55.3 Å². The number of hydrogen-bond acceptors (Lipinski definition) is 6. The summed E-state index contributed by atoms with van der Waals surface area (Å²) in [6.45, 7) is 3.89. The first-order chi connectivity index (χ1) is 17.0. The van der Waals surface area contributed by atoms with Crippen molar-refractivity contribution in [3.8, 4) is 11.4 Å². The number of methoxy groups -OCH3 is 1. The number of aromatic nitrogens is 4. The average molecular weight is 486 g/mol. The number of rotatable bonds is 6. The summed E-state index contributed by atoms with van der Waals surface area (Å²) in [6.07, 6.45) is 0. The normalized spacial score (nSPS) is 11.2. The quantitative estimate of drug-likeness (QED) is 0.359. The summed E-state index contributed by atoms with van der Waals surface area (Å²) in [6, 6.07) is 20.5. The largest absolute Gasteiger partial charge is 0.495 e. The molecule has 0 aliphatic heterocycles. The first-order valence-electron chi connectivity index (χ1n) is 11.0. The minimum Gasteiger partial charge on any atom is -0.495 e. The number of ether oxygens (including phenoxy) is 1. The summed E-state index contributed by atoms with van der Waals surface area (Å²) in [4.78, 5) is 26.3. The van der Waals surface area contributed by atoms with Crippen molar-refractivity contribution >= 4 is 40.0 Å². The second-order valence-corrected chi connectivity index (χ2v) is 9.05. The van der Waals surface area contributed by atoms with Gasteiger partial charge in [-0.3, -0.25) is 14.0 Å². The zero-order valence-electron chi connectivity index (χ0n) is 19.5. The Morgan fingerprint density at radius 2 is 1.80 bits per heavy atom. The van der Waals surface area contributed by atoms with Gasteiger partial charge in [-0.15, -0.1) is 10.2 Å². The van der Waals surface area contributed by atoms with Crippen molar-refractivity contribution in [2.45, 2.75) is 19.0 Å². The van der Waals surface area contributed by atoms with Crippen molar-refractivity contribution in [3.63, 3.8) is 0 Å². The molecule has 3 aromatic carbocycles. The van der Waals surface area contributed by atoms with Gasteiger partial charge in [0.05, 0.1) is 29.5 Å². The number of carbonyl (C=O) groups excluding carboxylic acids is 1. The lowest BCUT2D eigenvalue weighted by atomic mass is 10.2. The van der Waals surface area contributed by atoms with E-state index in [1.54, 1.807) is 13.2 Å². The van der Waals surface area contributed by atoms with Gasteiger partial charge in [0.15, 0.2) is 5.16 Å². The summed E-state index contributed by atoms with van der Waals surface area (Å²) in [5.74, 6) is 0.874. The fourth-order valence-corrected chi connectivity index (χ4v) is 4.73. The Kier molecular flexibility index (Phi) is 6.00. The van der Waals surface area contributed by atoms with E-state index in [1.165, 1.54) is 16.3 Å². The van der Waals surface area contributed by atoms with Gasteiger partial charge < -0.3 is 10.1 Å². The third kappa shape index (κ3) is 4.15. The Bertz CT molecular complexity index is 1640. The molecule has 0 radical (unpaired) electrons. The van der Waals surface area contributed by atoms with Crippen molar-refractivity contribution in [1.82, 2.24) is 19.2 Å². The molecule has 0 saturated heterocycles. The lowest BCUT2D eigenvalue weighted by Crippen LogP contribution is -2.22. The summed E-state index contributed by atoms with van der Waals surface area (Å²) in [7, 11) is 1.57. The van der Waals surface area contributed by atoms with Gasteiger partial charge >= 0.3 is 0 Å². The maximum absolute atomic E-state index is 13.6. The van der Waals surface area contributed by atoms with Gasteiger partial charge in [0.1, 0.15) is 5.75 Å². The Hall–Kier alpha value is -4.11. The Balaban J connectivity index is 1.60. The van der Waals surface area contributed by atoms with Gasteiger partial charge in [-0.1, -0.05) is 48.2 Å². The number of thioether (sulfide) groups is 1.